The van der Waals surface area contributed by atoms with Crippen molar-refractivity contribution >= 4 is 11.6 Å². The third-order valence-corrected chi connectivity index (χ3v) is 2.13. The van der Waals surface area contributed by atoms with Crippen molar-refractivity contribution < 1.29 is 0 Å². The van der Waals surface area contributed by atoms with Gasteiger partial charge in [-0.05, 0) is 24.7 Å². The highest BCUT2D eigenvalue weighted by Gasteiger charge is 2.23. The lowest BCUT2D eigenvalue weighted by Crippen LogP contribution is -2.21. The predicted octanol–water partition coefficient (Wildman–Crippen LogP) is 2.27. The summed E-state index contributed by atoms with van der Waals surface area (Å²) in [6.45, 7) is 2.28. The van der Waals surface area contributed by atoms with E-state index >= 15 is 0 Å². The molecule has 0 unspecified atom stereocenters. The van der Waals surface area contributed by atoms with Gasteiger partial charge >= 0.3 is 0 Å². The molecule has 0 aromatic rings. The monoisotopic (exact) mass is 118 g/mol. The smallest absolute Gasteiger partial charge is 0.0251 e. The Morgan fingerprint density at radius 2 is 2.14 bits per heavy atom. The molecule has 0 amide bonds. The van der Waals surface area contributed by atoms with Crippen molar-refractivity contribution in [2.45, 2.75) is 19.8 Å². The molecular weight excluding hydrogens is 108 g/mol. The number of rotatable bonds is 1. The Morgan fingerprint density at radius 3 is 2.29 bits per heavy atom. The van der Waals surface area contributed by atoms with Crippen molar-refractivity contribution in [2.24, 2.45) is 11.8 Å². The van der Waals surface area contributed by atoms with Crippen LogP contribution in [0.5, 0.6) is 0 Å². The average Bonchev–Trinajstić information content (AvgIpc) is 1.58. The number of halogens is 1. The van der Waals surface area contributed by atoms with E-state index in [-0.39, 0.29) is 0 Å². The third-order valence-electron chi connectivity index (χ3n) is 1.69. The number of alkyl halides is 1. The SMILES string of the molecule is CC1CC(CCl)C1. The molecular formula is C6H11Cl. The summed E-state index contributed by atoms with van der Waals surface area (Å²) in [6, 6.07) is 0. The van der Waals surface area contributed by atoms with E-state index in [9.17, 15) is 0 Å². The van der Waals surface area contributed by atoms with Crippen molar-refractivity contribution in [2.75, 3.05) is 5.88 Å². The van der Waals surface area contributed by atoms with Gasteiger partial charge in [-0.1, -0.05) is 6.92 Å². The van der Waals surface area contributed by atoms with Gasteiger partial charge < -0.3 is 0 Å². The first-order chi connectivity index (χ1) is 3.33. The fourth-order valence-electron chi connectivity index (χ4n) is 1.20. The van der Waals surface area contributed by atoms with Crippen molar-refractivity contribution in [1.29, 1.82) is 0 Å². The lowest BCUT2D eigenvalue weighted by atomic mass is 9.77. The second kappa shape index (κ2) is 2.04. The molecule has 1 aliphatic carbocycles. The van der Waals surface area contributed by atoms with Gasteiger partial charge in [-0.3, -0.25) is 0 Å². The summed E-state index contributed by atoms with van der Waals surface area (Å²) in [5, 5.41) is 0. The summed E-state index contributed by atoms with van der Waals surface area (Å²) in [7, 11) is 0. The minimum Gasteiger partial charge on any atom is -0.126 e. The lowest BCUT2D eigenvalue weighted by molar-refractivity contribution is 0.236. The summed E-state index contributed by atoms with van der Waals surface area (Å²) >= 11 is 5.57. The zero-order valence-electron chi connectivity index (χ0n) is 4.65. The summed E-state index contributed by atoms with van der Waals surface area (Å²) in [5.74, 6) is 2.70. The van der Waals surface area contributed by atoms with Crippen LogP contribution < -0.4 is 0 Å². The number of hydrogen-bond donors (Lipinski definition) is 0. The van der Waals surface area contributed by atoms with E-state index in [0.717, 1.165) is 17.7 Å². The maximum atomic E-state index is 5.57. The molecule has 0 atom stereocenters. The van der Waals surface area contributed by atoms with Crippen LogP contribution in [0.2, 0.25) is 0 Å². The maximum absolute atomic E-state index is 5.57. The van der Waals surface area contributed by atoms with Gasteiger partial charge in [-0.25, -0.2) is 0 Å². The van der Waals surface area contributed by atoms with Gasteiger partial charge in [0.1, 0.15) is 0 Å². The zero-order chi connectivity index (χ0) is 5.28. The van der Waals surface area contributed by atoms with Crippen LogP contribution in [0.15, 0.2) is 0 Å². The zero-order valence-corrected chi connectivity index (χ0v) is 5.41. The highest BCUT2D eigenvalue weighted by molar-refractivity contribution is 6.18. The van der Waals surface area contributed by atoms with E-state index < -0.39 is 0 Å². The minimum absolute atomic E-state index is 0.858. The molecule has 0 spiro atoms. The fraction of sp³-hybridized carbons (Fsp3) is 1.00. The highest BCUT2D eigenvalue weighted by Crippen LogP contribution is 2.33. The standard InChI is InChI=1S/C6H11Cl/c1-5-2-6(3-5)4-7/h5-6H,2-4H2,1H3. The first-order valence-corrected chi connectivity index (χ1v) is 3.42. The van der Waals surface area contributed by atoms with Crippen LogP contribution in [0.25, 0.3) is 0 Å². The normalized spacial score (nSPS) is 40.3. The molecule has 0 aromatic heterocycles. The molecule has 1 heteroatoms. The molecule has 0 saturated heterocycles. The molecule has 42 valence electrons. The Morgan fingerprint density at radius 1 is 1.57 bits per heavy atom. The molecule has 7 heavy (non-hydrogen) atoms. The predicted molar refractivity (Wildman–Crippen MR) is 32.6 cm³/mol. The van der Waals surface area contributed by atoms with Crippen molar-refractivity contribution in [3.8, 4) is 0 Å². The van der Waals surface area contributed by atoms with Crippen LogP contribution in [0, 0.1) is 11.8 Å². The van der Waals surface area contributed by atoms with Gasteiger partial charge in [0.2, 0.25) is 0 Å². The summed E-state index contributed by atoms with van der Waals surface area (Å²) in [5.41, 5.74) is 0. The summed E-state index contributed by atoms with van der Waals surface area (Å²) in [4.78, 5) is 0. The van der Waals surface area contributed by atoms with E-state index in [4.69, 9.17) is 11.6 Å². The first kappa shape index (κ1) is 5.43. The van der Waals surface area contributed by atoms with Crippen molar-refractivity contribution in [3.05, 3.63) is 0 Å². The van der Waals surface area contributed by atoms with Gasteiger partial charge in [0.25, 0.3) is 0 Å². The summed E-state index contributed by atoms with van der Waals surface area (Å²) < 4.78 is 0. The first-order valence-electron chi connectivity index (χ1n) is 2.89. The topological polar surface area (TPSA) is 0 Å². The Balaban J connectivity index is 2.06. The Kier molecular flexibility index (Phi) is 1.58. The largest absolute Gasteiger partial charge is 0.126 e. The third kappa shape index (κ3) is 1.09. The van der Waals surface area contributed by atoms with Crippen LogP contribution in [0.3, 0.4) is 0 Å². The van der Waals surface area contributed by atoms with Crippen LogP contribution in [-0.2, 0) is 0 Å². The molecule has 0 bridgehead atoms. The van der Waals surface area contributed by atoms with Crippen LogP contribution in [-0.4, -0.2) is 5.88 Å². The van der Waals surface area contributed by atoms with Crippen LogP contribution >= 0.6 is 11.6 Å². The second-order valence-electron chi connectivity index (χ2n) is 2.60. The van der Waals surface area contributed by atoms with Crippen LogP contribution in [0.4, 0.5) is 0 Å². The maximum Gasteiger partial charge on any atom is 0.0251 e. The van der Waals surface area contributed by atoms with E-state index in [1.54, 1.807) is 0 Å². The minimum atomic E-state index is 0.858. The van der Waals surface area contributed by atoms with E-state index in [1.165, 1.54) is 12.8 Å². The van der Waals surface area contributed by atoms with Gasteiger partial charge in [0.15, 0.2) is 0 Å². The van der Waals surface area contributed by atoms with E-state index in [1.807, 2.05) is 0 Å². The van der Waals surface area contributed by atoms with E-state index in [0.29, 0.717) is 0 Å². The van der Waals surface area contributed by atoms with Crippen molar-refractivity contribution in [3.63, 3.8) is 0 Å². The van der Waals surface area contributed by atoms with Gasteiger partial charge in [-0.15, -0.1) is 11.6 Å². The molecule has 1 rings (SSSR count). The molecule has 1 aliphatic rings. The van der Waals surface area contributed by atoms with Gasteiger partial charge in [-0.2, -0.15) is 0 Å². The van der Waals surface area contributed by atoms with Crippen LogP contribution in [0.1, 0.15) is 19.8 Å². The highest BCUT2D eigenvalue weighted by atomic mass is 35.5. The molecule has 0 radical (unpaired) electrons. The van der Waals surface area contributed by atoms with E-state index in [2.05, 4.69) is 6.92 Å². The lowest BCUT2D eigenvalue weighted by Gasteiger charge is -2.30. The van der Waals surface area contributed by atoms with Crippen molar-refractivity contribution in [1.82, 2.24) is 0 Å². The Hall–Kier alpha value is 0.290. The average molecular weight is 119 g/mol. The molecule has 0 heterocycles. The summed E-state index contributed by atoms with van der Waals surface area (Å²) in [6.07, 6.45) is 2.73. The molecule has 0 aromatic carbocycles. The molecule has 0 N–H and O–H groups in total. The molecule has 0 aliphatic heterocycles. The number of hydrogen-bond acceptors (Lipinski definition) is 0. The quantitative estimate of drug-likeness (QED) is 0.464. The fourth-order valence-corrected chi connectivity index (χ4v) is 1.45. The van der Waals surface area contributed by atoms with Gasteiger partial charge in [0, 0.05) is 5.88 Å². The molecule has 0 nitrogen and oxygen atoms in total. The Bertz CT molecular complexity index is 55.2. The molecule has 1 fully saturated rings. The second-order valence-corrected chi connectivity index (χ2v) is 2.91. The Labute approximate surface area is 49.9 Å². The van der Waals surface area contributed by atoms with Gasteiger partial charge in [0.05, 0.1) is 0 Å². The molecule has 1 saturated carbocycles.